The molecule has 28 heavy (non-hydrogen) atoms. The van der Waals surface area contributed by atoms with Gasteiger partial charge in [0.15, 0.2) is 0 Å². The minimum atomic E-state index is -0.994. The first kappa shape index (κ1) is 17.7. The highest BCUT2D eigenvalue weighted by Crippen LogP contribution is 2.30. The van der Waals surface area contributed by atoms with Crippen LogP contribution in [0, 0.1) is 0 Å². The molecular weight excluding hydrogens is 350 g/mol. The standard InChI is InChI=1S/C24H19NO3/c26-23(25-20-13-11-18(12-14-20)24(27)28)19-10-9-17-7-4-8-21(22(17)15-19)16-5-2-1-3-6-16/h1-2,4-5,7-15H,3,6H2,(H,25,26)(H,27,28). The third kappa shape index (κ3) is 3.58. The fraction of sp³-hybridized carbons (Fsp3) is 0.0833. The van der Waals surface area contributed by atoms with Crippen molar-refractivity contribution in [1.29, 1.82) is 0 Å². The normalized spacial score (nSPS) is 13.2. The smallest absolute Gasteiger partial charge is 0.335 e. The van der Waals surface area contributed by atoms with E-state index in [0.717, 1.165) is 29.2 Å². The van der Waals surface area contributed by atoms with E-state index < -0.39 is 5.97 Å². The summed E-state index contributed by atoms with van der Waals surface area (Å²) < 4.78 is 0. The van der Waals surface area contributed by atoms with Crippen molar-refractivity contribution in [3.05, 3.63) is 95.6 Å². The fourth-order valence-corrected chi connectivity index (χ4v) is 3.42. The summed E-state index contributed by atoms with van der Waals surface area (Å²) in [4.78, 5) is 23.7. The van der Waals surface area contributed by atoms with Gasteiger partial charge in [0.1, 0.15) is 0 Å². The molecule has 3 aromatic rings. The van der Waals surface area contributed by atoms with Crippen molar-refractivity contribution in [2.45, 2.75) is 12.8 Å². The molecule has 4 heteroatoms. The second-order valence-corrected chi connectivity index (χ2v) is 6.74. The van der Waals surface area contributed by atoms with Gasteiger partial charge >= 0.3 is 5.97 Å². The largest absolute Gasteiger partial charge is 0.478 e. The average Bonchev–Trinajstić information content (AvgIpc) is 2.74. The van der Waals surface area contributed by atoms with Crippen LogP contribution in [-0.2, 0) is 0 Å². The van der Waals surface area contributed by atoms with Crippen LogP contribution >= 0.6 is 0 Å². The highest BCUT2D eigenvalue weighted by molar-refractivity contribution is 6.07. The third-order valence-corrected chi connectivity index (χ3v) is 4.89. The first-order valence-electron chi connectivity index (χ1n) is 9.15. The van der Waals surface area contributed by atoms with E-state index in [0.29, 0.717) is 11.3 Å². The van der Waals surface area contributed by atoms with Crippen LogP contribution in [0.15, 0.2) is 78.9 Å². The molecule has 0 radical (unpaired) electrons. The number of benzene rings is 3. The summed E-state index contributed by atoms with van der Waals surface area (Å²) in [5.74, 6) is -1.22. The summed E-state index contributed by atoms with van der Waals surface area (Å²) in [6.07, 6.45) is 8.38. The number of fused-ring (bicyclic) bond motifs is 1. The van der Waals surface area contributed by atoms with Gasteiger partial charge in [0.25, 0.3) is 5.91 Å². The van der Waals surface area contributed by atoms with Crippen molar-refractivity contribution in [3.8, 4) is 0 Å². The monoisotopic (exact) mass is 369 g/mol. The third-order valence-electron chi connectivity index (χ3n) is 4.89. The van der Waals surface area contributed by atoms with Gasteiger partial charge in [0.05, 0.1) is 5.56 Å². The van der Waals surface area contributed by atoms with Crippen molar-refractivity contribution in [3.63, 3.8) is 0 Å². The molecule has 0 saturated carbocycles. The Labute approximate surface area is 162 Å². The Kier molecular flexibility index (Phi) is 4.77. The van der Waals surface area contributed by atoms with E-state index in [-0.39, 0.29) is 11.5 Å². The molecule has 1 amide bonds. The predicted molar refractivity (Wildman–Crippen MR) is 112 cm³/mol. The van der Waals surface area contributed by atoms with Gasteiger partial charge in [-0.05, 0) is 71.1 Å². The molecule has 0 aliphatic heterocycles. The number of carboxylic acids is 1. The van der Waals surface area contributed by atoms with Gasteiger partial charge in [0, 0.05) is 11.3 Å². The lowest BCUT2D eigenvalue weighted by molar-refractivity contribution is 0.0696. The molecule has 0 saturated heterocycles. The van der Waals surface area contributed by atoms with Crippen LogP contribution in [0.4, 0.5) is 5.69 Å². The maximum atomic E-state index is 12.7. The number of aromatic carboxylic acids is 1. The van der Waals surface area contributed by atoms with Crippen LogP contribution in [0.1, 0.15) is 39.1 Å². The summed E-state index contributed by atoms with van der Waals surface area (Å²) >= 11 is 0. The number of anilines is 1. The molecule has 4 nitrogen and oxygen atoms in total. The van der Waals surface area contributed by atoms with Gasteiger partial charge in [-0.2, -0.15) is 0 Å². The summed E-state index contributed by atoms with van der Waals surface area (Å²) in [7, 11) is 0. The maximum Gasteiger partial charge on any atom is 0.335 e. The van der Waals surface area contributed by atoms with Crippen LogP contribution in [0.5, 0.6) is 0 Å². The molecule has 138 valence electrons. The molecule has 4 rings (SSSR count). The SMILES string of the molecule is O=C(O)c1ccc(NC(=O)c2ccc3cccc(C4=CC=CCC4)c3c2)cc1. The molecule has 0 fully saturated rings. The molecular formula is C24H19NO3. The number of rotatable bonds is 4. The van der Waals surface area contributed by atoms with Crippen LogP contribution < -0.4 is 5.32 Å². The average molecular weight is 369 g/mol. The van der Waals surface area contributed by atoms with E-state index in [9.17, 15) is 9.59 Å². The number of nitrogens with one attached hydrogen (secondary N) is 1. The lowest BCUT2D eigenvalue weighted by Gasteiger charge is -2.13. The number of hydrogen-bond acceptors (Lipinski definition) is 2. The van der Waals surface area contributed by atoms with E-state index in [1.807, 2.05) is 30.3 Å². The van der Waals surface area contributed by atoms with Crippen molar-refractivity contribution in [2.24, 2.45) is 0 Å². The van der Waals surface area contributed by atoms with E-state index in [1.54, 1.807) is 12.1 Å². The van der Waals surface area contributed by atoms with E-state index in [4.69, 9.17) is 5.11 Å². The lowest BCUT2D eigenvalue weighted by Crippen LogP contribution is -2.12. The highest BCUT2D eigenvalue weighted by Gasteiger charge is 2.12. The summed E-state index contributed by atoms with van der Waals surface area (Å²) in [5, 5.41) is 14.0. The molecule has 1 aliphatic carbocycles. The molecule has 0 unspecified atom stereocenters. The highest BCUT2D eigenvalue weighted by atomic mass is 16.4. The Morgan fingerprint density at radius 1 is 0.929 bits per heavy atom. The summed E-state index contributed by atoms with van der Waals surface area (Å²) in [6, 6.07) is 18.0. The summed E-state index contributed by atoms with van der Waals surface area (Å²) in [6.45, 7) is 0. The Bertz CT molecular complexity index is 1120. The van der Waals surface area contributed by atoms with Crippen LogP contribution in [0.2, 0.25) is 0 Å². The molecule has 0 bridgehead atoms. The van der Waals surface area contributed by atoms with E-state index >= 15 is 0 Å². The molecule has 1 aliphatic rings. The maximum absolute atomic E-state index is 12.7. The first-order chi connectivity index (χ1) is 13.6. The van der Waals surface area contributed by atoms with Gasteiger partial charge < -0.3 is 10.4 Å². The Balaban J connectivity index is 1.65. The zero-order chi connectivity index (χ0) is 19.5. The molecule has 0 atom stereocenters. The number of carbonyl (C=O) groups excluding carboxylic acids is 1. The van der Waals surface area contributed by atoms with Gasteiger partial charge in [-0.15, -0.1) is 0 Å². The fourth-order valence-electron chi connectivity index (χ4n) is 3.42. The van der Waals surface area contributed by atoms with Crippen molar-refractivity contribution < 1.29 is 14.7 Å². The second kappa shape index (κ2) is 7.53. The van der Waals surface area contributed by atoms with Gasteiger partial charge in [-0.1, -0.05) is 42.5 Å². The van der Waals surface area contributed by atoms with Crippen molar-refractivity contribution in [1.82, 2.24) is 0 Å². The van der Waals surface area contributed by atoms with Crippen LogP contribution in [-0.4, -0.2) is 17.0 Å². The van der Waals surface area contributed by atoms with Gasteiger partial charge in [-0.25, -0.2) is 4.79 Å². The van der Waals surface area contributed by atoms with Crippen LogP contribution in [0.3, 0.4) is 0 Å². The van der Waals surface area contributed by atoms with Crippen molar-refractivity contribution >= 4 is 33.9 Å². The Hall–Kier alpha value is -3.66. The molecule has 2 N–H and O–H groups in total. The first-order valence-corrected chi connectivity index (χ1v) is 9.15. The van der Waals surface area contributed by atoms with E-state index in [1.165, 1.54) is 17.7 Å². The zero-order valence-corrected chi connectivity index (χ0v) is 15.2. The molecule has 0 heterocycles. The van der Waals surface area contributed by atoms with E-state index in [2.05, 4.69) is 29.6 Å². The number of carbonyl (C=O) groups is 2. The number of carboxylic acid groups (broad SMARTS) is 1. The minimum absolute atomic E-state index is 0.183. The number of amides is 1. The molecule has 0 aromatic heterocycles. The number of allylic oxidation sites excluding steroid dienone is 4. The molecule has 0 spiro atoms. The van der Waals surface area contributed by atoms with Gasteiger partial charge in [0.2, 0.25) is 0 Å². The molecule has 3 aromatic carbocycles. The minimum Gasteiger partial charge on any atom is -0.478 e. The Morgan fingerprint density at radius 2 is 1.71 bits per heavy atom. The Morgan fingerprint density at radius 3 is 2.43 bits per heavy atom. The van der Waals surface area contributed by atoms with Crippen molar-refractivity contribution in [2.75, 3.05) is 5.32 Å². The summed E-state index contributed by atoms with van der Waals surface area (Å²) in [5.41, 5.74) is 3.73. The quantitative estimate of drug-likeness (QED) is 0.636. The zero-order valence-electron chi connectivity index (χ0n) is 15.2. The van der Waals surface area contributed by atoms with Gasteiger partial charge in [-0.3, -0.25) is 4.79 Å². The second-order valence-electron chi connectivity index (χ2n) is 6.74. The lowest BCUT2D eigenvalue weighted by atomic mass is 9.92. The number of hydrogen-bond donors (Lipinski definition) is 2. The topological polar surface area (TPSA) is 66.4 Å². The van der Waals surface area contributed by atoms with Crippen LogP contribution in [0.25, 0.3) is 16.3 Å². The predicted octanol–water partition coefficient (Wildman–Crippen LogP) is 5.52.